The number of carbonyl (C=O) groups is 2. The van der Waals surface area contributed by atoms with Gasteiger partial charge in [-0.15, -0.1) is 0 Å². The summed E-state index contributed by atoms with van der Waals surface area (Å²) in [5, 5.41) is 4.69. The van der Waals surface area contributed by atoms with Crippen molar-refractivity contribution in [2.24, 2.45) is 5.92 Å². The fourth-order valence-electron chi connectivity index (χ4n) is 3.52. The second-order valence-electron chi connectivity index (χ2n) is 7.69. The maximum atomic E-state index is 13.7. The number of aromatic nitrogens is 2. The van der Waals surface area contributed by atoms with Gasteiger partial charge in [0, 0.05) is 18.4 Å². The molecule has 0 saturated heterocycles. The topological polar surface area (TPSA) is 110 Å². The van der Waals surface area contributed by atoms with E-state index in [1.165, 1.54) is 12.4 Å². The zero-order chi connectivity index (χ0) is 24.4. The van der Waals surface area contributed by atoms with Gasteiger partial charge in [0.15, 0.2) is 0 Å². The Bertz CT molecular complexity index is 1020. The maximum absolute atomic E-state index is 13.7. The van der Waals surface area contributed by atoms with Crippen molar-refractivity contribution in [3.63, 3.8) is 0 Å². The van der Waals surface area contributed by atoms with Crippen LogP contribution in [0.25, 0.3) is 0 Å². The molecule has 0 aliphatic heterocycles. The Hall–Kier alpha value is -3.38. The molecule has 1 aliphatic carbocycles. The molecule has 2 amide bonds. The Morgan fingerprint density at radius 1 is 1.09 bits per heavy atom. The van der Waals surface area contributed by atoms with Gasteiger partial charge in [-0.2, -0.15) is 13.2 Å². The van der Waals surface area contributed by atoms with Gasteiger partial charge in [-0.25, -0.2) is 23.1 Å². The summed E-state index contributed by atoms with van der Waals surface area (Å²) >= 11 is 0. The molecule has 1 aliphatic rings. The number of anilines is 2. The Labute approximate surface area is 183 Å². The first-order valence-corrected chi connectivity index (χ1v) is 9.79. The van der Waals surface area contributed by atoms with E-state index >= 15 is 0 Å². The van der Waals surface area contributed by atoms with Crippen molar-refractivity contribution in [3.8, 4) is 0 Å². The number of rotatable bonds is 5. The fourth-order valence-corrected chi connectivity index (χ4v) is 3.52. The third kappa shape index (κ3) is 6.33. The molecule has 33 heavy (non-hydrogen) atoms. The molecule has 1 aromatic heterocycles. The van der Waals surface area contributed by atoms with Crippen LogP contribution >= 0.6 is 0 Å². The molecular weight excluding hydrogens is 456 g/mol. The molecule has 178 valence electrons. The molecule has 1 unspecified atom stereocenters. The molecular formula is C20H19F6N5O2. The Morgan fingerprint density at radius 3 is 2.27 bits per heavy atom. The zero-order valence-corrected chi connectivity index (χ0v) is 16.9. The zero-order valence-electron chi connectivity index (χ0n) is 16.9. The second kappa shape index (κ2) is 9.24. The third-order valence-electron chi connectivity index (χ3n) is 5.23. The number of benzene rings is 1. The van der Waals surface area contributed by atoms with Gasteiger partial charge >= 0.3 is 6.18 Å². The molecule has 0 radical (unpaired) electrons. The first kappa shape index (κ1) is 24.3. The Kier molecular flexibility index (Phi) is 6.79. The minimum Gasteiger partial charge on any atom is -0.368 e. The monoisotopic (exact) mass is 475 g/mol. The lowest BCUT2D eigenvalue weighted by molar-refractivity contribution is -0.137. The first-order valence-electron chi connectivity index (χ1n) is 9.79. The number of alkyl halides is 5. The second-order valence-corrected chi connectivity index (χ2v) is 7.69. The van der Waals surface area contributed by atoms with Gasteiger partial charge in [-0.1, -0.05) is 0 Å². The summed E-state index contributed by atoms with van der Waals surface area (Å²) < 4.78 is 79.8. The molecule has 7 nitrogen and oxygen atoms in total. The minimum absolute atomic E-state index is 0.0704. The summed E-state index contributed by atoms with van der Waals surface area (Å²) in [5.41, 5.74) is 3.41. The van der Waals surface area contributed by atoms with Gasteiger partial charge in [0.25, 0.3) is 5.91 Å². The summed E-state index contributed by atoms with van der Waals surface area (Å²) in [6, 6.07) is -0.132. The normalized spacial score (nSPS) is 17.3. The van der Waals surface area contributed by atoms with Gasteiger partial charge in [0.05, 0.1) is 23.6 Å². The number of nitrogens with zero attached hydrogens (tertiary/aromatic N) is 2. The van der Waals surface area contributed by atoms with Crippen LogP contribution in [0.4, 0.5) is 38.0 Å². The van der Waals surface area contributed by atoms with Crippen LogP contribution in [0.2, 0.25) is 0 Å². The SMILES string of the molecule is Nc1ncc(NC(=O)C(NC(=O)c2cc(F)cc(C(F)(F)F)c2)C2CCC(F)(F)CC2)cn1. The smallest absolute Gasteiger partial charge is 0.368 e. The number of halogens is 6. The van der Waals surface area contributed by atoms with Crippen LogP contribution in [-0.4, -0.2) is 33.7 Å². The van der Waals surface area contributed by atoms with Crippen molar-refractivity contribution in [1.29, 1.82) is 0 Å². The van der Waals surface area contributed by atoms with E-state index < -0.39 is 65.7 Å². The van der Waals surface area contributed by atoms with Crippen LogP contribution < -0.4 is 16.4 Å². The number of carbonyl (C=O) groups excluding carboxylic acids is 2. The van der Waals surface area contributed by atoms with E-state index in [1.807, 2.05) is 0 Å². The predicted molar refractivity (Wildman–Crippen MR) is 105 cm³/mol. The molecule has 13 heteroatoms. The van der Waals surface area contributed by atoms with Crippen molar-refractivity contribution in [1.82, 2.24) is 15.3 Å². The van der Waals surface area contributed by atoms with E-state index in [9.17, 15) is 35.9 Å². The summed E-state index contributed by atoms with van der Waals surface area (Å²) in [6.45, 7) is 0. The lowest BCUT2D eigenvalue weighted by atomic mass is 9.81. The van der Waals surface area contributed by atoms with Crippen LogP contribution in [0.1, 0.15) is 41.6 Å². The van der Waals surface area contributed by atoms with E-state index in [-0.39, 0.29) is 30.5 Å². The number of hydrogen-bond donors (Lipinski definition) is 3. The van der Waals surface area contributed by atoms with Gasteiger partial charge < -0.3 is 16.4 Å². The summed E-state index contributed by atoms with van der Waals surface area (Å²) in [6.07, 6.45) is -3.85. The van der Waals surface area contributed by atoms with Crippen LogP contribution in [0.5, 0.6) is 0 Å². The van der Waals surface area contributed by atoms with E-state index in [0.717, 1.165) is 0 Å². The van der Waals surface area contributed by atoms with Gasteiger partial charge in [0.2, 0.25) is 17.8 Å². The molecule has 4 N–H and O–H groups in total. The Balaban J connectivity index is 1.84. The van der Waals surface area contributed by atoms with Crippen LogP contribution in [-0.2, 0) is 11.0 Å². The molecule has 0 bridgehead atoms. The standard InChI is InChI=1S/C20H19F6N5O2/c21-13-6-11(5-12(7-13)20(24,25)26)16(32)31-15(10-1-3-19(22,23)4-2-10)17(33)30-14-8-28-18(27)29-9-14/h5-10,15H,1-4H2,(H,30,33)(H,31,32)(H2,27,28,29). The van der Waals surface area contributed by atoms with Crippen molar-refractivity contribution >= 4 is 23.5 Å². The third-order valence-corrected chi connectivity index (χ3v) is 5.23. The fraction of sp³-hybridized carbons (Fsp3) is 0.400. The maximum Gasteiger partial charge on any atom is 0.416 e. The van der Waals surface area contributed by atoms with E-state index in [2.05, 4.69) is 20.6 Å². The lowest BCUT2D eigenvalue weighted by Crippen LogP contribution is -2.50. The highest BCUT2D eigenvalue weighted by molar-refractivity contribution is 6.01. The molecule has 1 saturated carbocycles. The number of nitrogens with two attached hydrogens (primary N) is 1. The van der Waals surface area contributed by atoms with Crippen molar-refractivity contribution in [3.05, 3.63) is 47.5 Å². The van der Waals surface area contributed by atoms with Gasteiger partial charge in [0.1, 0.15) is 11.9 Å². The number of nitrogen functional groups attached to an aromatic ring is 1. The van der Waals surface area contributed by atoms with Gasteiger partial charge in [-0.05, 0) is 37.0 Å². The summed E-state index contributed by atoms with van der Waals surface area (Å²) in [7, 11) is 0. The van der Waals surface area contributed by atoms with E-state index in [1.54, 1.807) is 0 Å². The average molecular weight is 475 g/mol. The number of nitrogens with one attached hydrogen (secondary N) is 2. The largest absolute Gasteiger partial charge is 0.416 e. The van der Waals surface area contributed by atoms with Crippen LogP contribution in [0.3, 0.4) is 0 Å². The molecule has 1 heterocycles. The quantitative estimate of drug-likeness (QED) is 0.571. The summed E-state index contributed by atoms with van der Waals surface area (Å²) in [5.74, 6) is -7.01. The van der Waals surface area contributed by atoms with Gasteiger partial charge in [-0.3, -0.25) is 9.59 Å². The molecule has 0 spiro atoms. The Morgan fingerprint density at radius 2 is 1.70 bits per heavy atom. The molecule has 1 fully saturated rings. The highest BCUT2D eigenvalue weighted by Gasteiger charge is 2.40. The highest BCUT2D eigenvalue weighted by atomic mass is 19.4. The first-order chi connectivity index (χ1) is 15.3. The van der Waals surface area contributed by atoms with E-state index in [0.29, 0.717) is 12.1 Å². The molecule has 1 atom stereocenters. The van der Waals surface area contributed by atoms with Crippen molar-refractivity contribution in [2.75, 3.05) is 11.1 Å². The van der Waals surface area contributed by atoms with Crippen LogP contribution in [0.15, 0.2) is 30.6 Å². The lowest BCUT2D eigenvalue weighted by Gasteiger charge is -2.33. The van der Waals surface area contributed by atoms with E-state index in [4.69, 9.17) is 5.73 Å². The molecule has 3 rings (SSSR count). The van der Waals surface area contributed by atoms with Crippen molar-refractivity contribution in [2.45, 2.75) is 43.8 Å². The molecule has 1 aromatic carbocycles. The average Bonchev–Trinajstić information content (AvgIpc) is 2.72. The van der Waals surface area contributed by atoms with Crippen LogP contribution in [0, 0.1) is 11.7 Å². The number of amides is 2. The summed E-state index contributed by atoms with van der Waals surface area (Å²) in [4.78, 5) is 32.9. The number of hydrogen-bond acceptors (Lipinski definition) is 5. The molecule has 2 aromatic rings. The minimum atomic E-state index is -4.90. The predicted octanol–water partition coefficient (Wildman–Crippen LogP) is 3.78. The highest BCUT2D eigenvalue weighted by Crippen LogP contribution is 2.38. The van der Waals surface area contributed by atoms with Crippen molar-refractivity contribution < 1.29 is 35.9 Å².